The summed E-state index contributed by atoms with van der Waals surface area (Å²) in [6.45, 7) is 8.06. The molecule has 1 aliphatic heterocycles. The number of ether oxygens (including phenoxy) is 2. The van der Waals surface area contributed by atoms with E-state index >= 15 is 0 Å². The first-order valence-corrected chi connectivity index (χ1v) is 9.65. The van der Waals surface area contributed by atoms with Gasteiger partial charge in [0.1, 0.15) is 18.0 Å². The zero-order chi connectivity index (χ0) is 19.3. The molecule has 4 nitrogen and oxygen atoms in total. The van der Waals surface area contributed by atoms with Crippen LogP contribution in [-0.2, 0) is 16.1 Å². The van der Waals surface area contributed by atoms with Crippen LogP contribution in [0.15, 0.2) is 54.6 Å². The van der Waals surface area contributed by atoms with Crippen LogP contribution in [0, 0.1) is 5.92 Å². The molecule has 0 atom stereocenters. The molecule has 0 saturated carbocycles. The molecule has 2 aromatic rings. The number of hydrogen-bond acceptors (Lipinski definition) is 4. The Hall–Kier alpha value is -2.49. The van der Waals surface area contributed by atoms with E-state index in [0.29, 0.717) is 6.61 Å². The van der Waals surface area contributed by atoms with Crippen LogP contribution in [0.1, 0.15) is 39.2 Å². The standard InChI is InChI=1S/C23H29NO3/c1-23(2,3)27-22(25)19-13-15-24(16-14-19)20-9-11-21(12-10-20)26-17-18-7-5-4-6-8-18/h4-12,19H,13-17H2,1-3H3. The van der Waals surface area contributed by atoms with Gasteiger partial charge < -0.3 is 14.4 Å². The molecule has 0 unspecified atom stereocenters. The third-order valence-electron chi connectivity index (χ3n) is 4.69. The molecule has 0 bridgehead atoms. The third-order valence-corrected chi connectivity index (χ3v) is 4.69. The van der Waals surface area contributed by atoms with Crippen LogP contribution in [0.4, 0.5) is 5.69 Å². The number of carbonyl (C=O) groups is 1. The highest BCUT2D eigenvalue weighted by molar-refractivity contribution is 5.73. The number of hydrogen-bond donors (Lipinski definition) is 0. The maximum atomic E-state index is 12.2. The zero-order valence-electron chi connectivity index (χ0n) is 16.5. The van der Waals surface area contributed by atoms with Gasteiger partial charge in [-0.1, -0.05) is 30.3 Å². The molecule has 144 valence electrons. The van der Waals surface area contributed by atoms with E-state index in [1.807, 2.05) is 51.1 Å². The average molecular weight is 367 g/mol. The van der Waals surface area contributed by atoms with E-state index in [2.05, 4.69) is 29.2 Å². The lowest BCUT2D eigenvalue weighted by molar-refractivity contribution is -0.160. The molecule has 0 aliphatic carbocycles. The van der Waals surface area contributed by atoms with Gasteiger partial charge in [0.05, 0.1) is 5.92 Å². The summed E-state index contributed by atoms with van der Waals surface area (Å²) < 4.78 is 11.4. The van der Waals surface area contributed by atoms with E-state index in [1.165, 1.54) is 5.69 Å². The molecule has 0 amide bonds. The topological polar surface area (TPSA) is 38.8 Å². The van der Waals surface area contributed by atoms with Crippen molar-refractivity contribution in [2.45, 2.75) is 45.8 Å². The van der Waals surface area contributed by atoms with Crippen LogP contribution in [0.2, 0.25) is 0 Å². The minimum Gasteiger partial charge on any atom is -0.489 e. The lowest BCUT2D eigenvalue weighted by Crippen LogP contribution is -2.38. The summed E-state index contributed by atoms with van der Waals surface area (Å²) in [7, 11) is 0. The average Bonchev–Trinajstić information content (AvgIpc) is 2.66. The summed E-state index contributed by atoms with van der Waals surface area (Å²) in [5, 5.41) is 0. The van der Waals surface area contributed by atoms with Crippen LogP contribution in [0.5, 0.6) is 5.75 Å². The van der Waals surface area contributed by atoms with Gasteiger partial charge in [-0.3, -0.25) is 4.79 Å². The second kappa shape index (κ2) is 8.47. The fourth-order valence-corrected chi connectivity index (χ4v) is 3.25. The summed E-state index contributed by atoms with van der Waals surface area (Å²) in [5.74, 6) is 0.812. The molecular formula is C23H29NO3. The normalized spacial score (nSPS) is 15.4. The molecule has 2 aromatic carbocycles. The van der Waals surface area contributed by atoms with E-state index in [4.69, 9.17) is 9.47 Å². The minimum atomic E-state index is -0.413. The first kappa shape index (κ1) is 19.3. The lowest BCUT2D eigenvalue weighted by atomic mass is 9.96. The minimum absolute atomic E-state index is 0.00829. The summed E-state index contributed by atoms with van der Waals surface area (Å²) in [4.78, 5) is 14.6. The number of rotatable bonds is 5. The molecular weight excluding hydrogens is 338 g/mol. The van der Waals surface area contributed by atoms with Gasteiger partial charge in [0.2, 0.25) is 0 Å². The first-order valence-electron chi connectivity index (χ1n) is 9.65. The van der Waals surface area contributed by atoms with Gasteiger partial charge in [-0.05, 0) is 63.4 Å². The van der Waals surface area contributed by atoms with Gasteiger partial charge in [-0.15, -0.1) is 0 Å². The summed E-state index contributed by atoms with van der Waals surface area (Å²) >= 11 is 0. The van der Waals surface area contributed by atoms with Crippen molar-refractivity contribution >= 4 is 11.7 Å². The predicted molar refractivity (Wildman–Crippen MR) is 108 cm³/mol. The number of piperidine rings is 1. The SMILES string of the molecule is CC(C)(C)OC(=O)C1CCN(c2ccc(OCc3ccccc3)cc2)CC1. The smallest absolute Gasteiger partial charge is 0.309 e. The van der Waals surface area contributed by atoms with Crippen molar-refractivity contribution in [3.63, 3.8) is 0 Å². The van der Waals surface area contributed by atoms with E-state index in [9.17, 15) is 4.79 Å². The van der Waals surface area contributed by atoms with E-state index in [0.717, 1.165) is 37.2 Å². The van der Waals surface area contributed by atoms with Crippen molar-refractivity contribution in [1.82, 2.24) is 0 Å². The van der Waals surface area contributed by atoms with Crippen LogP contribution < -0.4 is 9.64 Å². The van der Waals surface area contributed by atoms with Gasteiger partial charge in [0.25, 0.3) is 0 Å². The van der Waals surface area contributed by atoms with E-state index < -0.39 is 5.60 Å². The van der Waals surface area contributed by atoms with Gasteiger partial charge in [-0.25, -0.2) is 0 Å². The summed E-state index contributed by atoms with van der Waals surface area (Å²) in [5.41, 5.74) is 1.92. The number of nitrogens with zero attached hydrogens (tertiary/aromatic N) is 1. The quantitative estimate of drug-likeness (QED) is 0.710. The molecule has 1 heterocycles. The monoisotopic (exact) mass is 367 g/mol. The number of benzene rings is 2. The van der Waals surface area contributed by atoms with Gasteiger partial charge in [0.15, 0.2) is 0 Å². The molecule has 27 heavy (non-hydrogen) atoms. The second-order valence-corrected chi connectivity index (χ2v) is 8.06. The zero-order valence-corrected chi connectivity index (χ0v) is 16.5. The molecule has 3 rings (SSSR count). The van der Waals surface area contributed by atoms with Gasteiger partial charge in [0, 0.05) is 18.8 Å². The van der Waals surface area contributed by atoms with Crippen molar-refractivity contribution in [3.8, 4) is 5.75 Å². The third kappa shape index (κ3) is 5.75. The lowest BCUT2D eigenvalue weighted by Gasteiger charge is -2.34. The second-order valence-electron chi connectivity index (χ2n) is 8.06. The molecule has 0 N–H and O–H groups in total. The highest BCUT2D eigenvalue weighted by Gasteiger charge is 2.29. The van der Waals surface area contributed by atoms with Crippen LogP contribution in [0.25, 0.3) is 0 Å². The van der Waals surface area contributed by atoms with Crippen molar-refractivity contribution in [2.75, 3.05) is 18.0 Å². The summed E-state index contributed by atoms with van der Waals surface area (Å²) in [6.07, 6.45) is 1.67. The number of anilines is 1. The van der Waals surface area contributed by atoms with Crippen molar-refractivity contribution in [3.05, 3.63) is 60.2 Å². The van der Waals surface area contributed by atoms with Crippen LogP contribution in [0.3, 0.4) is 0 Å². The van der Waals surface area contributed by atoms with Gasteiger partial charge >= 0.3 is 5.97 Å². The Labute approximate surface area is 162 Å². The Bertz CT molecular complexity index is 726. The van der Waals surface area contributed by atoms with Crippen molar-refractivity contribution in [1.29, 1.82) is 0 Å². The molecule has 0 spiro atoms. The van der Waals surface area contributed by atoms with Crippen LogP contribution in [-0.4, -0.2) is 24.7 Å². The predicted octanol–water partition coefficient (Wildman–Crippen LogP) is 4.82. The Morgan fingerprint density at radius 2 is 1.63 bits per heavy atom. The fraction of sp³-hybridized carbons (Fsp3) is 0.435. The maximum absolute atomic E-state index is 12.2. The number of esters is 1. The van der Waals surface area contributed by atoms with E-state index in [-0.39, 0.29) is 11.9 Å². The Kier molecular flexibility index (Phi) is 6.04. The Balaban J connectivity index is 1.49. The largest absolute Gasteiger partial charge is 0.489 e. The Morgan fingerprint density at radius 3 is 2.22 bits per heavy atom. The van der Waals surface area contributed by atoms with Crippen molar-refractivity contribution in [2.24, 2.45) is 5.92 Å². The fourth-order valence-electron chi connectivity index (χ4n) is 3.25. The molecule has 1 fully saturated rings. The summed E-state index contributed by atoms with van der Waals surface area (Å²) in [6, 6.07) is 18.4. The highest BCUT2D eigenvalue weighted by atomic mass is 16.6. The maximum Gasteiger partial charge on any atom is 0.309 e. The molecule has 1 saturated heterocycles. The Morgan fingerprint density at radius 1 is 1.00 bits per heavy atom. The first-order chi connectivity index (χ1) is 12.9. The molecule has 0 radical (unpaired) electrons. The van der Waals surface area contributed by atoms with E-state index in [1.54, 1.807) is 0 Å². The molecule has 0 aromatic heterocycles. The molecule has 4 heteroatoms. The van der Waals surface area contributed by atoms with Crippen molar-refractivity contribution < 1.29 is 14.3 Å². The van der Waals surface area contributed by atoms with Crippen LogP contribution >= 0.6 is 0 Å². The highest BCUT2D eigenvalue weighted by Crippen LogP contribution is 2.27. The molecule has 1 aliphatic rings. The van der Waals surface area contributed by atoms with Gasteiger partial charge in [-0.2, -0.15) is 0 Å². The number of carbonyl (C=O) groups excluding carboxylic acids is 1.